The lowest BCUT2D eigenvalue weighted by molar-refractivity contribution is -0.112. The molecule has 27 heavy (non-hydrogen) atoms. The van der Waals surface area contributed by atoms with E-state index in [0.29, 0.717) is 24.1 Å². The number of carbonyl (C=O) groups excluding carboxylic acids is 1. The average molecular weight is 353 g/mol. The normalized spacial score (nSPS) is 18.1. The van der Waals surface area contributed by atoms with Gasteiger partial charge in [0, 0.05) is 24.2 Å². The molecule has 2 aromatic carbocycles. The van der Waals surface area contributed by atoms with Crippen LogP contribution in [0.1, 0.15) is 28.7 Å². The summed E-state index contributed by atoms with van der Waals surface area (Å²) in [5, 5.41) is 17.8. The van der Waals surface area contributed by atoms with E-state index in [1.807, 2.05) is 43.5 Å². The molecule has 1 heterocycles. The molecule has 132 valence electrons. The molecular weight excluding hydrogens is 334 g/mol. The molecule has 0 atom stereocenters. The van der Waals surface area contributed by atoms with Gasteiger partial charge in [0.1, 0.15) is 0 Å². The zero-order chi connectivity index (χ0) is 19.2. The molecule has 0 amide bonds. The Morgan fingerprint density at radius 3 is 1.81 bits per heavy atom. The minimum absolute atomic E-state index is 0.0491. The Kier molecular flexibility index (Phi) is 5.61. The molecule has 4 nitrogen and oxygen atoms in total. The Labute approximate surface area is 159 Å². The number of likely N-dealkylation sites (tertiary alicyclic amines) is 1. The molecule has 1 fully saturated rings. The molecule has 3 rings (SSSR count). The van der Waals surface area contributed by atoms with Crippen LogP contribution in [-0.4, -0.2) is 30.8 Å². The van der Waals surface area contributed by atoms with Crippen LogP contribution < -0.4 is 0 Å². The first-order valence-electron chi connectivity index (χ1n) is 8.74. The van der Waals surface area contributed by atoms with Gasteiger partial charge in [-0.15, -0.1) is 0 Å². The number of benzene rings is 2. The van der Waals surface area contributed by atoms with Gasteiger partial charge in [0.2, 0.25) is 0 Å². The van der Waals surface area contributed by atoms with Crippen LogP contribution in [0.3, 0.4) is 0 Å². The molecular formula is C23H19N3O. The maximum absolute atomic E-state index is 13.1. The molecule has 0 radical (unpaired) electrons. The third-order valence-corrected chi connectivity index (χ3v) is 4.55. The number of carbonyl (C=O) groups is 1. The highest BCUT2D eigenvalue weighted by Crippen LogP contribution is 2.22. The Morgan fingerprint density at radius 1 is 0.852 bits per heavy atom. The van der Waals surface area contributed by atoms with Crippen LogP contribution >= 0.6 is 0 Å². The first-order chi connectivity index (χ1) is 13.1. The largest absolute Gasteiger partial charge is 0.302 e. The number of Topliss-reactive ketones (excluding diaryl/α,β-unsaturated/α-hetero) is 1. The monoisotopic (exact) mass is 353 g/mol. The molecule has 0 aliphatic carbocycles. The van der Waals surface area contributed by atoms with Gasteiger partial charge >= 0.3 is 0 Å². The summed E-state index contributed by atoms with van der Waals surface area (Å²) in [5.41, 5.74) is 4.53. The fraction of sp³-hybridized carbons (Fsp3) is 0.174. The van der Waals surface area contributed by atoms with Gasteiger partial charge in [-0.25, -0.2) is 0 Å². The molecule has 0 N–H and O–H groups in total. The van der Waals surface area contributed by atoms with Crippen LogP contribution in [0, 0.1) is 22.7 Å². The van der Waals surface area contributed by atoms with E-state index >= 15 is 0 Å². The second-order valence-electron chi connectivity index (χ2n) is 6.62. The molecule has 2 aromatic rings. The standard InChI is InChI=1S/C23H19N3O/c1-26-11-10-21(12-17-2-6-19(14-24)7-3-17)23(27)22(16-26)13-18-4-8-20(15-25)9-5-18/h2-9,12-13H,10-11,16H2,1H3. The number of nitrogens with zero attached hydrogens (tertiary/aromatic N) is 3. The van der Waals surface area contributed by atoms with Crippen molar-refractivity contribution in [2.24, 2.45) is 0 Å². The summed E-state index contributed by atoms with van der Waals surface area (Å²) in [6.45, 7) is 1.39. The van der Waals surface area contributed by atoms with Crippen molar-refractivity contribution in [1.82, 2.24) is 4.90 Å². The highest BCUT2D eigenvalue weighted by atomic mass is 16.1. The third-order valence-electron chi connectivity index (χ3n) is 4.55. The number of rotatable bonds is 2. The fourth-order valence-electron chi connectivity index (χ4n) is 3.03. The van der Waals surface area contributed by atoms with Crippen LogP contribution in [0.5, 0.6) is 0 Å². The van der Waals surface area contributed by atoms with E-state index in [0.717, 1.165) is 28.8 Å². The van der Waals surface area contributed by atoms with E-state index in [1.165, 1.54) is 0 Å². The molecule has 1 aliphatic rings. The van der Waals surface area contributed by atoms with Crippen LogP contribution in [-0.2, 0) is 4.79 Å². The zero-order valence-electron chi connectivity index (χ0n) is 15.1. The van der Waals surface area contributed by atoms with E-state index in [1.54, 1.807) is 24.3 Å². The number of hydrogen-bond donors (Lipinski definition) is 0. The summed E-state index contributed by atoms with van der Waals surface area (Å²) < 4.78 is 0. The van der Waals surface area contributed by atoms with Gasteiger partial charge < -0.3 is 4.90 Å². The van der Waals surface area contributed by atoms with Crippen molar-refractivity contribution in [1.29, 1.82) is 10.5 Å². The minimum Gasteiger partial charge on any atom is -0.302 e. The Bertz CT molecular complexity index is 984. The van der Waals surface area contributed by atoms with Crippen LogP contribution in [0.4, 0.5) is 0 Å². The molecule has 0 aromatic heterocycles. The molecule has 4 heteroatoms. The molecule has 0 spiro atoms. The number of ketones is 1. The summed E-state index contributed by atoms with van der Waals surface area (Å²) in [4.78, 5) is 15.2. The van der Waals surface area contributed by atoms with Gasteiger partial charge in [-0.3, -0.25) is 4.79 Å². The molecule has 0 unspecified atom stereocenters. The summed E-state index contributed by atoms with van der Waals surface area (Å²) in [5.74, 6) is 0.0491. The lowest BCUT2D eigenvalue weighted by Gasteiger charge is -2.12. The summed E-state index contributed by atoms with van der Waals surface area (Å²) >= 11 is 0. The van der Waals surface area contributed by atoms with Crippen molar-refractivity contribution in [3.8, 4) is 12.1 Å². The van der Waals surface area contributed by atoms with Gasteiger partial charge in [0.05, 0.1) is 23.3 Å². The second kappa shape index (κ2) is 8.27. The topological polar surface area (TPSA) is 67.9 Å². The third kappa shape index (κ3) is 4.58. The zero-order valence-corrected chi connectivity index (χ0v) is 15.1. The van der Waals surface area contributed by atoms with Crippen LogP contribution in [0.2, 0.25) is 0 Å². The van der Waals surface area contributed by atoms with Crippen LogP contribution in [0.25, 0.3) is 12.2 Å². The molecule has 1 saturated heterocycles. The van der Waals surface area contributed by atoms with Gasteiger partial charge in [0.25, 0.3) is 0 Å². The minimum atomic E-state index is 0.0491. The summed E-state index contributed by atoms with van der Waals surface area (Å²) in [7, 11) is 2.00. The first kappa shape index (κ1) is 18.3. The number of nitriles is 2. The fourth-order valence-corrected chi connectivity index (χ4v) is 3.03. The van der Waals surface area contributed by atoms with E-state index in [9.17, 15) is 4.79 Å². The van der Waals surface area contributed by atoms with Crippen molar-refractivity contribution >= 4 is 17.9 Å². The summed E-state index contributed by atoms with van der Waals surface area (Å²) in [6.07, 6.45) is 4.49. The first-order valence-corrected chi connectivity index (χ1v) is 8.74. The highest BCUT2D eigenvalue weighted by molar-refractivity contribution is 6.13. The van der Waals surface area contributed by atoms with Crippen molar-refractivity contribution in [3.63, 3.8) is 0 Å². The Balaban J connectivity index is 1.93. The van der Waals surface area contributed by atoms with Gasteiger partial charge in [-0.1, -0.05) is 24.3 Å². The van der Waals surface area contributed by atoms with E-state index < -0.39 is 0 Å². The van der Waals surface area contributed by atoms with E-state index in [2.05, 4.69) is 17.0 Å². The molecule has 0 saturated carbocycles. The Hall–Kier alpha value is -3.47. The maximum Gasteiger partial charge on any atom is 0.186 e. The smallest absolute Gasteiger partial charge is 0.186 e. The van der Waals surface area contributed by atoms with Crippen molar-refractivity contribution in [3.05, 3.63) is 81.9 Å². The highest BCUT2D eigenvalue weighted by Gasteiger charge is 2.21. The SMILES string of the molecule is CN1CCC(=Cc2ccc(C#N)cc2)C(=O)C(=Cc2ccc(C#N)cc2)C1. The predicted molar refractivity (Wildman–Crippen MR) is 105 cm³/mol. The average Bonchev–Trinajstić information content (AvgIpc) is 2.83. The van der Waals surface area contributed by atoms with E-state index in [4.69, 9.17) is 10.5 Å². The quantitative estimate of drug-likeness (QED) is 0.770. The van der Waals surface area contributed by atoms with Crippen LogP contribution in [0.15, 0.2) is 59.7 Å². The van der Waals surface area contributed by atoms with Crippen molar-refractivity contribution in [2.45, 2.75) is 6.42 Å². The lowest BCUT2D eigenvalue weighted by Crippen LogP contribution is -2.20. The van der Waals surface area contributed by atoms with E-state index in [-0.39, 0.29) is 5.78 Å². The molecule has 0 bridgehead atoms. The Morgan fingerprint density at radius 2 is 1.33 bits per heavy atom. The molecule has 1 aliphatic heterocycles. The van der Waals surface area contributed by atoms with Gasteiger partial charge in [-0.2, -0.15) is 10.5 Å². The second-order valence-corrected chi connectivity index (χ2v) is 6.62. The van der Waals surface area contributed by atoms with Crippen molar-refractivity contribution in [2.75, 3.05) is 20.1 Å². The summed E-state index contributed by atoms with van der Waals surface area (Å²) in [6, 6.07) is 18.7. The van der Waals surface area contributed by atoms with Gasteiger partial charge in [0.15, 0.2) is 5.78 Å². The predicted octanol–water partition coefficient (Wildman–Crippen LogP) is 3.80. The number of hydrogen-bond acceptors (Lipinski definition) is 4. The lowest BCUT2D eigenvalue weighted by atomic mass is 9.98. The maximum atomic E-state index is 13.1. The van der Waals surface area contributed by atoms with Gasteiger partial charge in [-0.05, 0) is 61.0 Å². The number of likely N-dealkylation sites (N-methyl/N-ethyl adjacent to an activating group) is 1. The van der Waals surface area contributed by atoms with Crippen molar-refractivity contribution < 1.29 is 4.79 Å².